The molecule has 1 heterocycles. The second kappa shape index (κ2) is 10.9. The molecule has 0 saturated heterocycles. The highest BCUT2D eigenvalue weighted by atomic mass is 19.4. The van der Waals surface area contributed by atoms with Crippen LogP contribution >= 0.6 is 0 Å². The van der Waals surface area contributed by atoms with Gasteiger partial charge in [0, 0.05) is 12.4 Å². The molecule has 2 unspecified atom stereocenters. The van der Waals surface area contributed by atoms with Crippen molar-refractivity contribution in [2.24, 2.45) is 5.90 Å². The summed E-state index contributed by atoms with van der Waals surface area (Å²) in [5, 5.41) is 9.17. The minimum absolute atomic E-state index is 0.0658. The molecule has 2 atom stereocenters. The SMILES string of the molecule is NOC(CC/C=C(\c1cccc(C(F)(F)F)c1)C(Cc1ccccc1)n1ccnc1)C(=O)O. The fraction of sp³-hybridized carbons (Fsp3) is 0.250. The average molecular weight is 459 g/mol. The molecular weight excluding hydrogens is 435 g/mol. The van der Waals surface area contributed by atoms with Crippen LogP contribution in [0.4, 0.5) is 13.2 Å². The van der Waals surface area contributed by atoms with Gasteiger partial charge in [-0.25, -0.2) is 15.7 Å². The van der Waals surface area contributed by atoms with E-state index in [1.807, 2.05) is 34.9 Å². The van der Waals surface area contributed by atoms with Crippen LogP contribution in [-0.4, -0.2) is 26.7 Å². The van der Waals surface area contributed by atoms with Crippen LogP contribution in [-0.2, 0) is 22.2 Å². The number of carbonyl (C=O) groups is 1. The number of hydrogen-bond acceptors (Lipinski definition) is 4. The normalized spacial score (nSPS) is 14.1. The number of rotatable bonds is 10. The van der Waals surface area contributed by atoms with Crippen molar-refractivity contribution in [3.05, 3.63) is 96.1 Å². The van der Waals surface area contributed by atoms with E-state index in [4.69, 9.17) is 5.90 Å². The van der Waals surface area contributed by atoms with Crippen LogP contribution in [0.1, 0.15) is 35.6 Å². The highest BCUT2D eigenvalue weighted by Gasteiger charge is 2.31. The summed E-state index contributed by atoms with van der Waals surface area (Å²) in [5.41, 5.74) is 1.23. The Morgan fingerprint density at radius 1 is 1.18 bits per heavy atom. The van der Waals surface area contributed by atoms with E-state index in [2.05, 4.69) is 9.82 Å². The lowest BCUT2D eigenvalue weighted by Crippen LogP contribution is -2.26. The molecule has 2 aromatic carbocycles. The molecule has 174 valence electrons. The van der Waals surface area contributed by atoms with Crippen LogP contribution in [0.3, 0.4) is 0 Å². The maximum atomic E-state index is 13.4. The van der Waals surface area contributed by atoms with Gasteiger partial charge in [-0.2, -0.15) is 13.2 Å². The third kappa shape index (κ3) is 6.53. The molecule has 0 amide bonds. The molecular formula is C24H24F3N3O3. The molecule has 0 aliphatic carbocycles. The molecule has 0 aliphatic heterocycles. The summed E-state index contributed by atoms with van der Waals surface area (Å²) in [6.07, 6.45) is 1.79. The van der Waals surface area contributed by atoms with E-state index in [0.29, 0.717) is 17.6 Å². The first-order chi connectivity index (χ1) is 15.8. The van der Waals surface area contributed by atoms with Crippen molar-refractivity contribution in [1.29, 1.82) is 0 Å². The van der Waals surface area contributed by atoms with E-state index in [-0.39, 0.29) is 18.9 Å². The zero-order valence-corrected chi connectivity index (χ0v) is 17.7. The highest BCUT2D eigenvalue weighted by Crippen LogP contribution is 2.36. The number of nitrogens with two attached hydrogens (primary N) is 1. The molecule has 3 aromatic rings. The number of aromatic nitrogens is 2. The second-order valence-electron chi connectivity index (χ2n) is 7.49. The molecule has 0 radical (unpaired) electrons. The Balaban J connectivity index is 2.05. The Labute approximate surface area is 189 Å². The number of alkyl halides is 3. The molecule has 3 rings (SSSR count). The van der Waals surface area contributed by atoms with E-state index >= 15 is 0 Å². The smallest absolute Gasteiger partial charge is 0.416 e. The fourth-order valence-corrected chi connectivity index (χ4v) is 3.63. The number of halogens is 3. The minimum Gasteiger partial charge on any atom is -0.479 e. The number of benzene rings is 2. The maximum Gasteiger partial charge on any atom is 0.416 e. The number of allylic oxidation sites excluding steroid dienone is 2. The maximum absolute atomic E-state index is 13.4. The van der Waals surface area contributed by atoms with E-state index in [1.54, 1.807) is 30.9 Å². The van der Waals surface area contributed by atoms with Crippen LogP contribution < -0.4 is 5.90 Å². The molecule has 33 heavy (non-hydrogen) atoms. The molecule has 9 heteroatoms. The van der Waals surface area contributed by atoms with Crippen molar-refractivity contribution < 1.29 is 27.9 Å². The number of aliphatic carboxylic acids is 1. The lowest BCUT2D eigenvalue weighted by atomic mass is 9.90. The summed E-state index contributed by atoms with van der Waals surface area (Å²) >= 11 is 0. The van der Waals surface area contributed by atoms with Gasteiger partial charge in [0.1, 0.15) is 0 Å². The minimum atomic E-state index is -4.49. The van der Waals surface area contributed by atoms with Crippen LogP contribution in [0.15, 0.2) is 79.4 Å². The largest absolute Gasteiger partial charge is 0.479 e. The first-order valence-electron chi connectivity index (χ1n) is 10.3. The first-order valence-corrected chi connectivity index (χ1v) is 10.3. The zero-order chi connectivity index (χ0) is 23.8. The van der Waals surface area contributed by atoms with Gasteiger partial charge in [-0.1, -0.05) is 48.5 Å². The first kappa shape index (κ1) is 24.2. The molecule has 0 fully saturated rings. The van der Waals surface area contributed by atoms with Crippen molar-refractivity contribution in [3.8, 4) is 0 Å². The van der Waals surface area contributed by atoms with Crippen molar-refractivity contribution in [2.75, 3.05) is 0 Å². The van der Waals surface area contributed by atoms with E-state index in [9.17, 15) is 23.1 Å². The van der Waals surface area contributed by atoms with Gasteiger partial charge in [-0.05, 0) is 48.1 Å². The fourth-order valence-electron chi connectivity index (χ4n) is 3.63. The van der Waals surface area contributed by atoms with Gasteiger partial charge in [0.05, 0.1) is 17.9 Å². The molecule has 3 N–H and O–H groups in total. The Kier molecular flexibility index (Phi) is 8.02. The van der Waals surface area contributed by atoms with Crippen molar-refractivity contribution in [2.45, 2.75) is 37.6 Å². The van der Waals surface area contributed by atoms with Crippen molar-refractivity contribution >= 4 is 11.5 Å². The standard InChI is InChI=1S/C24H24F3N3O3/c25-24(26,27)19-9-4-8-18(15-19)20(10-5-11-22(33-28)23(31)32)21(30-13-12-29-16-30)14-17-6-2-1-3-7-17/h1-4,6-10,12-13,15-16,21-22H,5,11,14,28H2,(H,31,32)/b20-10+. The van der Waals surface area contributed by atoms with Gasteiger partial charge in [0.25, 0.3) is 0 Å². The Morgan fingerprint density at radius 3 is 2.55 bits per heavy atom. The molecule has 0 aliphatic rings. The monoisotopic (exact) mass is 459 g/mol. The van der Waals surface area contributed by atoms with Crippen molar-refractivity contribution in [3.63, 3.8) is 0 Å². The molecule has 0 bridgehead atoms. The summed E-state index contributed by atoms with van der Waals surface area (Å²) in [4.78, 5) is 19.8. The summed E-state index contributed by atoms with van der Waals surface area (Å²) in [6, 6.07) is 14.3. The van der Waals surface area contributed by atoms with Crippen LogP contribution in [0.25, 0.3) is 5.57 Å². The Bertz CT molecular complexity index is 1070. The quantitative estimate of drug-likeness (QED) is 0.421. The van der Waals surface area contributed by atoms with E-state index in [1.165, 1.54) is 6.07 Å². The summed E-state index contributed by atoms with van der Waals surface area (Å²) in [7, 11) is 0. The number of hydrogen-bond donors (Lipinski definition) is 2. The number of nitrogens with zero attached hydrogens (tertiary/aromatic N) is 2. The zero-order valence-electron chi connectivity index (χ0n) is 17.7. The predicted molar refractivity (Wildman–Crippen MR) is 117 cm³/mol. The van der Waals surface area contributed by atoms with Crippen LogP contribution in [0.2, 0.25) is 0 Å². The number of carboxylic acid groups (broad SMARTS) is 1. The molecule has 1 aromatic heterocycles. The predicted octanol–water partition coefficient (Wildman–Crippen LogP) is 4.89. The van der Waals surface area contributed by atoms with E-state index in [0.717, 1.165) is 17.7 Å². The van der Waals surface area contributed by atoms with E-state index < -0.39 is 23.8 Å². The Morgan fingerprint density at radius 2 is 1.94 bits per heavy atom. The summed E-state index contributed by atoms with van der Waals surface area (Å²) < 4.78 is 42.1. The van der Waals surface area contributed by atoms with Gasteiger partial charge in [0.2, 0.25) is 0 Å². The summed E-state index contributed by atoms with van der Waals surface area (Å²) in [5.74, 6) is 3.86. The molecule has 6 nitrogen and oxygen atoms in total. The van der Waals surface area contributed by atoms with Crippen LogP contribution in [0.5, 0.6) is 0 Å². The second-order valence-corrected chi connectivity index (χ2v) is 7.49. The Hall–Kier alpha value is -3.43. The van der Waals surface area contributed by atoms with Gasteiger partial charge < -0.3 is 9.67 Å². The number of imidazole rings is 1. The lowest BCUT2D eigenvalue weighted by Gasteiger charge is -2.24. The average Bonchev–Trinajstić information content (AvgIpc) is 3.33. The van der Waals surface area contributed by atoms with Crippen LogP contribution in [0, 0.1) is 0 Å². The third-order valence-electron chi connectivity index (χ3n) is 5.27. The molecule has 0 spiro atoms. The molecule has 0 saturated carbocycles. The third-order valence-corrected chi connectivity index (χ3v) is 5.27. The van der Waals surface area contributed by atoms with Crippen molar-refractivity contribution in [1.82, 2.24) is 9.55 Å². The van der Waals surface area contributed by atoms with Gasteiger partial charge in [0.15, 0.2) is 6.10 Å². The van der Waals surface area contributed by atoms with Gasteiger partial charge in [-0.3, -0.25) is 4.84 Å². The summed E-state index contributed by atoms with van der Waals surface area (Å²) in [6.45, 7) is 0. The number of carboxylic acids is 1. The lowest BCUT2D eigenvalue weighted by molar-refractivity contribution is -0.151. The van der Waals surface area contributed by atoms with Gasteiger partial charge in [-0.15, -0.1) is 0 Å². The van der Waals surface area contributed by atoms with Gasteiger partial charge >= 0.3 is 12.1 Å². The topological polar surface area (TPSA) is 90.4 Å². The highest BCUT2D eigenvalue weighted by molar-refractivity contribution is 5.72.